The Hall–Kier alpha value is -2.70. The molecule has 1 aromatic heterocycles. The van der Waals surface area contributed by atoms with Crippen LogP contribution >= 0.6 is 0 Å². The van der Waals surface area contributed by atoms with Gasteiger partial charge < -0.3 is 10.1 Å². The molecule has 0 bridgehead atoms. The molecule has 0 saturated heterocycles. The SMILES string of the molecule is C[C@@H](NC(=O)COC(=O)c1ccc(-n2cncn2)cc1)C1CC1. The van der Waals surface area contributed by atoms with Crippen molar-refractivity contribution < 1.29 is 14.3 Å². The maximum atomic E-state index is 11.9. The van der Waals surface area contributed by atoms with Gasteiger partial charge in [-0.3, -0.25) is 4.79 Å². The molecular weight excluding hydrogens is 296 g/mol. The minimum Gasteiger partial charge on any atom is -0.452 e. The van der Waals surface area contributed by atoms with Crippen LogP contribution in [0.3, 0.4) is 0 Å². The molecule has 0 radical (unpaired) electrons. The van der Waals surface area contributed by atoms with Gasteiger partial charge in [0.15, 0.2) is 6.61 Å². The number of aromatic nitrogens is 3. The summed E-state index contributed by atoms with van der Waals surface area (Å²) >= 11 is 0. The molecule has 7 nitrogen and oxygen atoms in total. The molecule has 0 unspecified atom stereocenters. The van der Waals surface area contributed by atoms with E-state index in [9.17, 15) is 9.59 Å². The zero-order chi connectivity index (χ0) is 16.2. The standard InChI is InChI=1S/C16H18N4O3/c1-11(12-2-3-12)19-15(21)8-23-16(22)13-4-6-14(7-5-13)20-10-17-9-18-20/h4-7,9-12H,2-3,8H2,1H3,(H,19,21)/t11-/m1/s1. The van der Waals surface area contributed by atoms with Crippen LogP contribution in [0, 0.1) is 5.92 Å². The normalized spacial score (nSPS) is 15.0. The van der Waals surface area contributed by atoms with Gasteiger partial charge in [0.2, 0.25) is 0 Å². The number of nitrogens with one attached hydrogen (secondary N) is 1. The number of rotatable bonds is 6. The lowest BCUT2D eigenvalue weighted by molar-refractivity contribution is -0.124. The van der Waals surface area contributed by atoms with E-state index in [1.165, 1.54) is 6.33 Å². The Bertz CT molecular complexity index is 678. The molecule has 1 N–H and O–H groups in total. The van der Waals surface area contributed by atoms with Crippen molar-refractivity contribution >= 4 is 11.9 Å². The summed E-state index contributed by atoms with van der Waals surface area (Å²) in [5.74, 6) is -0.222. The predicted molar refractivity (Wildman–Crippen MR) is 82.0 cm³/mol. The first kappa shape index (κ1) is 15.2. The van der Waals surface area contributed by atoms with Crippen LogP contribution in [0.4, 0.5) is 0 Å². The summed E-state index contributed by atoms with van der Waals surface area (Å²) in [5.41, 5.74) is 1.17. The van der Waals surface area contributed by atoms with Crippen molar-refractivity contribution in [2.75, 3.05) is 6.61 Å². The number of amides is 1. The molecule has 7 heteroatoms. The molecule has 2 aromatic rings. The van der Waals surface area contributed by atoms with Crippen molar-refractivity contribution in [3.05, 3.63) is 42.5 Å². The highest BCUT2D eigenvalue weighted by atomic mass is 16.5. The van der Waals surface area contributed by atoms with E-state index < -0.39 is 5.97 Å². The molecule has 23 heavy (non-hydrogen) atoms. The summed E-state index contributed by atoms with van der Waals surface area (Å²) < 4.78 is 6.62. The number of benzene rings is 1. The Morgan fingerprint density at radius 1 is 1.35 bits per heavy atom. The second-order valence-corrected chi connectivity index (χ2v) is 5.66. The van der Waals surface area contributed by atoms with Crippen molar-refractivity contribution in [3.63, 3.8) is 0 Å². The minimum absolute atomic E-state index is 0.142. The van der Waals surface area contributed by atoms with Crippen LogP contribution in [0.2, 0.25) is 0 Å². The van der Waals surface area contributed by atoms with Crippen LogP contribution in [0.1, 0.15) is 30.1 Å². The summed E-state index contributed by atoms with van der Waals surface area (Å²) in [6.07, 6.45) is 5.31. The summed E-state index contributed by atoms with van der Waals surface area (Å²) in [7, 11) is 0. The maximum absolute atomic E-state index is 11.9. The van der Waals surface area contributed by atoms with Gasteiger partial charge in [-0.25, -0.2) is 14.5 Å². The Labute approximate surface area is 133 Å². The van der Waals surface area contributed by atoms with Gasteiger partial charge in [-0.15, -0.1) is 0 Å². The van der Waals surface area contributed by atoms with Gasteiger partial charge in [-0.05, 0) is 49.9 Å². The van der Waals surface area contributed by atoms with E-state index in [-0.39, 0.29) is 18.6 Å². The first-order chi connectivity index (χ1) is 11.1. The highest BCUT2D eigenvalue weighted by molar-refractivity contribution is 5.91. The Morgan fingerprint density at radius 3 is 2.70 bits per heavy atom. The largest absolute Gasteiger partial charge is 0.452 e. The average molecular weight is 314 g/mol. The van der Waals surface area contributed by atoms with Crippen LogP contribution in [-0.4, -0.2) is 39.3 Å². The topological polar surface area (TPSA) is 86.1 Å². The first-order valence-corrected chi connectivity index (χ1v) is 7.55. The van der Waals surface area contributed by atoms with E-state index in [0.717, 1.165) is 18.5 Å². The van der Waals surface area contributed by atoms with Gasteiger partial charge in [-0.2, -0.15) is 5.10 Å². The minimum atomic E-state index is -0.524. The summed E-state index contributed by atoms with van der Waals surface area (Å²) in [5, 5.41) is 6.85. The van der Waals surface area contributed by atoms with Gasteiger partial charge in [-0.1, -0.05) is 0 Å². The van der Waals surface area contributed by atoms with Crippen molar-refractivity contribution in [3.8, 4) is 5.69 Å². The molecule has 1 aliphatic rings. The van der Waals surface area contributed by atoms with Crippen molar-refractivity contribution in [1.82, 2.24) is 20.1 Å². The van der Waals surface area contributed by atoms with Crippen molar-refractivity contribution in [2.24, 2.45) is 5.92 Å². The molecule has 1 fully saturated rings. The fourth-order valence-electron chi connectivity index (χ4n) is 2.32. The Morgan fingerprint density at radius 2 is 2.09 bits per heavy atom. The third-order valence-corrected chi connectivity index (χ3v) is 3.84. The van der Waals surface area contributed by atoms with Crippen molar-refractivity contribution in [1.29, 1.82) is 0 Å². The van der Waals surface area contributed by atoms with E-state index >= 15 is 0 Å². The number of ether oxygens (including phenoxy) is 1. The van der Waals surface area contributed by atoms with Crippen molar-refractivity contribution in [2.45, 2.75) is 25.8 Å². The Balaban J connectivity index is 1.50. The highest BCUT2D eigenvalue weighted by Gasteiger charge is 2.28. The monoisotopic (exact) mass is 314 g/mol. The number of hydrogen-bond donors (Lipinski definition) is 1. The smallest absolute Gasteiger partial charge is 0.338 e. The van der Waals surface area contributed by atoms with Gasteiger partial charge >= 0.3 is 5.97 Å². The zero-order valence-electron chi connectivity index (χ0n) is 12.8. The molecule has 1 heterocycles. The molecule has 1 atom stereocenters. The average Bonchev–Trinajstić information content (AvgIpc) is 3.28. The quantitative estimate of drug-likeness (QED) is 0.813. The van der Waals surface area contributed by atoms with Crippen LogP contribution < -0.4 is 5.32 Å². The second-order valence-electron chi connectivity index (χ2n) is 5.66. The van der Waals surface area contributed by atoms with Gasteiger partial charge in [0.05, 0.1) is 11.3 Å². The molecule has 0 spiro atoms. The molecule has 1 saturated carbocycles. The van der Waals surface area contributed by atoms with Crippen LogP contribution in [-0.2, 0) is 9.53 Å². The second kappa shape index (κ2) is 6.60. The summed E-state index contributed by atoms with van der Waals surface area (Å²) in [4.78, 5) is 27.5. The van der Waals surface area contributed by atoms with Crippen LogP contribution in [0.5, 0.6) is 0 Å². The Kier molecular flexibility index (Phi) is 4.36. The maximum Gasteiger partial charge on any atom is 0.338 e. The summed E-state index contributed by atoms with van der Waals surface area (Å²) in [6.45, 7) is 1.71. The predicted octanol–water partition coefficient (Wildman–Crippen LogP) is 1.34. The van der Waals surface area contributed by atoms with E-state index in [4.69, 9.17) is 4.74 Å². The summed E-state index contributed by atoms with van der Waals surface area (Å²) in [6, 6.07) is 6.87. The number of carbonyl (C=O) groups excluding carboxylic acids is 2. The van der Waals surface area contributed by atoms with E-state index in [1.54, 1.807) is 35.3 Å². The first-order valence-electron chi connectivity index (χ1n) is 7.55. The third kappa shape index (κ3) is 3.94. The van der Waals surface area contributed by atoms with Crippen LogP contribution in [0.25, 0.3) is 5.69 Å². The zero-order valence-corrected chi connectivity index (χ0v) is 12.8. The highest BCUT2D eigenvalue weighted by Crippen LogP contribution is 2.32. The lowest BCUT2D eigenvalue weighted by Gasteiger charge is -2.12. The molecule has 1 aliphatic carbocycles. The van der Waals surface area contributed by atoms with Gasteiger partial charge in [0.25, 0.3) is 5.91 Å². The molecule has 120 valence electrons. The number of hydrogen-bond acceptors (Lipinski definition) is 5. The third-order valence-electron chi connectivity index (χ3n) is 3.84. The van der Waals surface area contributed by atoms with E-state index in [0.29, 0.717) is 11.5 Å². The number of nitrogens with zero attached hydrogens (tertiary/aromatic N) is 3. The van der Waals surface area contributed by atoms with E-state index in [2.05, 4.69) is 15.4 Å². The molecule has 0 aliphatic heterocycles. The molecule has 1 amide bonds. The number of esters is 1. The fraction of sp³-hybridized carbons (Fsp3) is 0.375. The molecular formula is C16H18N4O3. The fourth-order valence-corrected chi connectivity index (χ4v) is 2.32. The lowest BCUT2D eigenvalue weighted by atomic mass is 10.2. The molecule has 1 aromatic carbocycles. The van der Waals surface area contributed by atoms with E-state index in [1.807, 2.05) is 6.92 Å². The van der Waals surface area contributed by atoms with Crippen LogP contribution in [0.15, 0.2) is 36.9 Å². The van der Waals surface area contributed by atoms with Gasteiger partial charge in [0.1, 0.15) is 12.7 Å². The molecule has 3 rings (SSSR count). The number of carbonyl (C=O) groups is 2. The van der Waals surface area contributed by atoms with Gasteiger partial charge in [0, 0.05) is 6.04 Å². The lowest BCUT2D eigenvalue weighted by Crippen LogP contribution is -2.37.